The van der Waals surface area contributed by atoms with E-state index in [9.17, 15) is 9.59 Å². The molecule has 2 rings (SSSR count). The summed E-state index contributed by atoms with van der Waals surface area (Å²) in [6, 6.07) is 18.6. The molecule has 0 saturated carbocycles. The SMILES string of the molecule is O=C(COCC(=O)OCc1ccccc1)OCc1ccccc1. The van der Waals surface area contributed by atoms with Crippen LogP contribution in [-0.2, 0) is 37.0 Å². The molecule has 0 N–H and O–H groups in total. The van der Waals surface area contributed by atoms with E-state index in [0.29, 0.717) is 0 Å². The minimum absolute atomic E-state index is 0.182. The molecule has 0 aliphatic carbocycles. The highest BCUT2D eigenvalue weighted by molar-refractivity contribution is 5.73. The second kappa shape index (κ2) is 9.38. The van der Waals surface area contributed by atoms with Crippen molar-refractivity contribution in [3.63, 3.8) is 0 Å². The third kappa shape index (κ3) is 6.76. The zero-order chi connectivity index (χ0) is 16.3. The van der Waals surface area contributed by atoms with E-state index in [1.54, 1.807) is 0 Å². The Morgan fingerprint density at radius 2 is 1.04 bits per heavy atom. The van der Waals surface area contributed by atoms with Gasteiger partial charge in [0.05, 0.1) is 0 Å². The summed E-state index contributed by atoms with van der Waals surface area (Å²) in [5.41, 5.74) is 1.78. The van der Waals surface area contributed by atoms with Gasteiger partial charge >= 0.3 is 11.9 Å². The van der Waals surface area contributed by atoms with Crippen LogP contribution >= 0.6 is 0 Å². The highest BCUT2D eigenvalue weighted by atomic mass is 16.6. The van der Waals surface area contributed by atoms with Gasteiger partial charge in [-0.15, -0.1) is 0 Å². The van der Waals surface area contributed by atoms with E-state index < -0.39 is 11.9 Å². The smallest absolute Gasteiger partial charge is 0.332 e. The summed E-state index contributed by atoms with van der Waals surface area (Å²) in [7, 11) is 0. The average molecular weight is 314 g/mol. The molecular weight excluding hydrogens is 296 g/mol. The predicted molar refractivity (Wildman–Crippen MR) is 83.3 cm³/mol. The van der Waals surface area contributed by atoms with E-state index in [0.717, 1.165) is 11.1 Å². The van der Waals surface area contributed by atoms with E-state index >= 15 is 0 Å². The lowest BCUT2D eigenvalue weighted by Gasteiger charge is -2.07. The third-order valence-corrected chi connectivity index (χ3v) is 2.93. The van der Waals surface area contributed by atoms with E-state index in [1.807, 2.05) is 60.7 Å². The van der Waals surface area contributed by atoms with Crippen molar-refractivity contribution in [1.82, 2.24) is 0 Å². The minimum Gasteiger partial charge on any atom is -0.459 e. The van der Waals surface area contributed by atoms with Crippen molar-refractivity contribution in [1.29, 1.82) is 0 Å². The van der Waals surface area contributed by atoms with Crippen molar-refractivity contribution in [2.75, 3.05) is 13.2 Å². The number of carbonyl (C=O) groups is 2. The fourth-order valence-electron chi connectivity index (χ4n) is 1.78. The van der Waals surface area contributed by atoms with Gasteiger partial charge in [-0.05, 0) is 11.1 Å². The molecule has 120 valence electrons. The van der Waals surface area contributed by atoms with E-state index in [4.69, 9.17) is 14.2 Å². The topological polar surface area (TPSA) is 61.8 Å². The lowest BCUT2D eigenvalue weighted by molar-refractivity contribution is -0.156. The molecular formula is C18H18O5. The standard InChI is InChI=1S/C18H18O5/c19-17(22-11-15-7-3-1-4-8-15)13-21-14-18(20)23-12-16-9-5-2-6-10-16/h1-10H,11-14H2. The average Bonchev–Trinajstić information content (AvgIpc) is 2.60. The first-order valence-electron chi connectivity index (χ1n) is 7.21. The predicted octanol–water partition coefficient (Wildman–Crippen LogP) is 2.49. The van der Waals surface area contributed by atoms with Gasteiger partial charge < -0.3 is 14.2 Å². The largest absolute Gasteiger partial charge is 0.459 e. The number of hydrogen-bond donors (Lipinski definition) is 0. The molecule has 5 nitrogen and oxygen atoms in total. The van der Waals surface area contributed by atoms with Gasteiger partial charge in [-0.3, -0.25) is 0 Å². The number of hydrogen-bond acceptors (Lipinski definition) is 5. The van der Waals surface area contributed by atoms with Crippen LogP contribution < -0.4 is 0 Å². The van der Waals surface area contributed by atoms with Gasteiger partial charge in [0, 0.05) is 0 Å². The number of rotatable bonds is 8. The molecule has 0 atom stereocenters. The van der Waals surface area contributed by atoms with Gasteiger partial charge in [0.1, 0.15) is 26.4 Å². The summed E-state index contributed by atoms with van der Waals surface area (Å²) in [6.45, 7) is -0.205. The van der Waals surface area contributed by atoms with E-state index in [-0.39, 0.29) is 26.4 Å². The molecule has 0 fully saturated rings. The van der Waals surface area contributed by atoms with Crippen LogP contribution in [0.2, 0.25) is 0 Å². The highest BCUT2D eigenvalue weighted by Gasteiger charge is 2.08. The maximum absolute atomic E-state index is 11.5. The maximum Gasteiger partial charge on any atom is 0.332 e. The van der Waals surface area contributed by atoms with Crippen LogP contribution in [0.5, 0.6) is 0 Å². The van der Waals surface area contributed by atoms with Gasteiger partial charge in [-0.25, -0.2) is 9.59 Å². The van der Waals surface area contributed by atoms with Crippen molar-refractivity contribution >= 4 is 11.9 Å². The van der Waals surface area contributed by atoms with Crippen LogP contribution in [-0.4, -0.2) is 25.2 Å². The van der Waals surface area contributed by atoms with Crippen LogP contribution in [0.3, 0.4) is 0 Å². The van der Waals surface area contributed by atoms with Crippen molar-refractivity contribution in [3.05, 3.63) is 71.8 Å². The van der Waals surface area contributed by atoms with Crippen LogP contribution in [0, 0.1) is 0 Å². The van der Waals surface area contributed by atoms with Crippen molar-refractivity contribution in [2.24, 2.45) is 0 Å². The first kappa shape index (κ1) is 16.7. The molecule has 0 aliphatic rings. The Bertz CT molecular complexity index is 554. The Kier molecular flexibility index (Phi) is 6.81. The molecule has 0 radical (unpaired) electrons. The summed E-state index contributed by atoms with van der Waals surface area (Å²) >= 11 is 0. The number of benzene rings is 2. The Morgan fingerprint density at radius 1 is 0.652 bits per heavy atom. The number of esters is 2. The molecule has 0 amide bonds. The summed E-state index contributed by atoms with van der Waals surface area (Å²) in [5, 5.41) is 0. The zero-order valence-electron chi connectivity index (χ0n) is 12.6. The molecule has 0 bridgehead atoms. The van der Waals surface area contributed by atoms with Gasteiger partial charge in [0.15, 0.2) is 0 Å². The second-order valence-corrected chi connectivity index (χ2v) is 4.79. The van der Waals surface area contributed by atoms with Crippen LogP contribution in [0.15, 0.2) is 60.7 Å². The highest BCUT2D eigenvalue weighted by Crippen LogP contribution is 2.02. The summed E-state index contributed by atoms with van der Waals surface area (Å²) < 4.78 is 15.0. The maximum atomic E-state index is 11.5. The number of carbonyl (C=O) groups excluding carboxylic acids is 2. The molecule has 23 heavy (non-hydrogen) atoms. The van der Waals surface area contributed by atoms with Gasteiger partial charge in [-0.1, -0.05) is 60.7 Å². The fourth-order valence-corrected chi connectivity index (χ4v) is 1.78. The summed E-state index contributed by atoms with van der Waals surface area (Å²) in [6.07, 6.45) is 0. The minimum atomic E-state index is -0.523. The monoisotopic (exact) mass is 314 g/mol. The first-order chi connectivity index (χ1) is 11.2. The van der Waals surface area contributed by atoms with E-state index in [1.165, 1.54) is 0 Å². The molecule has 2 aromatic rings. The second-order valence-electron chi connectivity index (χ2n) is 4.79. The van der Waals surface area contributed by atoms with Crippen LogP contribution in [0.1, 0.15) is 11.1 Å². The van der Waals surface area contributed by atoms with Crippen molar-refractivity contribution in [2.45, 2.75) is 13.2 Å². The molecule has 0 saturated heterocycles. The van der Waals surface area contributed by atoms with Gasteiger partial charge in [0.25, 0.3) is 0 Å². The molecule has 5 heteroatoms. The van der Waals surface area contributed by atoms with Gasteiger partial charge in [0.2, 0.25) is 0 Å². The molecule has 0 unspecified atom stereocenters. The normalized spacial score (nSPS) is 10.1. The molecule has 0 aliphatic heterocycles. The first-order valence-corrected chi connectivity index (χ1v) is 7.21. The summed E-state index contributed by atoms with van der Waals surface area (Å²) in [5.74, 6) is -1.05. The lowest BCUT2D eigenvalue weighted by Crippen LogP contribution is -2.18. The molecule has 0 aromatic heterocycles. The Hall–Kier alpha value is -2.66. The Labute approximate surface area is 134 Å². The molecule has 0 spiro atoms. The van der Waals surface area contributed by atoms with E-state index in [2.05, 4.69) is 0 Å². The van der Waals surface area contributed by atoms with Crippen LogP contribution in [0.25, 0.3) is 0 Å². The Balaban J connectivity index is 1.57. The van der Waals surface area contributed by atoms with Crippen LogP contribution in [0.4, 0.5) is 0 Å². The zero-order valence-corrected chi connectivity index (χ0v) is 12.6. The molecule has 2 aromatic carbocycles. The fraction of sp³-hybridized carbons (Fsp3) is 0.222. The third-order valence-electron chi connectivity index (χ3n) is 2.93. The Morgan fingerprint density at radius 3 is 1.43 bits per heavy atom. The number of ether oxygens (including phenoxy) is 3. The molecule has 0 heterocycles. The van der Waals surface area contributed by atoms with Crippen molar-refractivity contribution < 1.29 is 23.8 Å². The lowest BCUT2D eigenvalue weighted by atomic mass is 10.2. The quantitative estimate of drug-likeness (QED) is 0.701. The summed E-state index contributed by atoms with van der Waals surface area (Å²) in [4.78, 5) is 23.0. The van der Waals surface area contributed by atoms with Gasteiger partial charge in [-0.2, -0.15) is 0 Å². The van der Waals surface area contributed by atoms with Crippen molar-refractivity contribution in [3.8, 4) is 0 Å².